The molecule has 1 atom stereocenters. The van der Waals surface area contributed by atoms with Gasteiger partial charge in [-0.25, -0.2) is 15.0 Å². The minimum Gasteiger partial charge on any atom is -0.395 e. The molecule has 0 radical (unpaired) electrons. The number of nitrogens with one attached hydrogen (secondary N) is 1. The Morgan fingerprint density at radius 3 is 3.09 bits per heavy atom. The van der Waals surface area contributed by atoms with Crippen LogP contribution >= 0.6 is 11.3 Å². The average molecular weight is 319 g/mol. The highest BCUT2D eigenvalue weighted by atomic mass is 32.1. The molecule has 1 saturated heterocycles. The van der Waals surface area contributed by atoms with Crippen LogP contribution in [0, 0.1) is 6.92 Å². The van der Waals surface area contributed by atoms with Gasteiger partial charge in [0.2, 0.25) is 5.95 Å². The van der Waals surface area contributed by atoms with Crippen LogP contribution in [-0.4, -0.2) is 44.7 Å². The van der Waals surface area contributed by atoms with Crippen LogP contribution in [0.5, 0.6) is 0 Å². The molecule has 1 aliphatic rings. The molecule has 0 aliphatic carbocycles. The van der Waals surface area contributed by atoms with E-state index < -0.39 is 0 Å². The number of piperidine rings is 1. The van der Waals surface area contributed by atoms with Crippen molar-refractivity contribution in [2.45, 2.75) is 32.2 Å². The first-order valence-electron chi connectivity index (χ1n) is 7.63. The predicted molar refractivity (Wildman–Crippen MR) is 87.4 cm³/mol. The minimum absolute atomic E-state index is 0.186. The molecule has 1 fully saturated rings. The summed E-state index contributed by atoms with van der Waals surface area (Å²) >= 11 is 1.59. The van der Waals surface area contributed by atoms with Crippen molar-refractivity contribution < 1.29 is 5.11 Å². The van der Waals surface area contributed by atoms with E-state index in [0.717, 1.165) is 28.7 Å². The fraction of sp³-hybridized carbons (Fsp3) is 0.533. The van der Waals surface area contributed by atoms with Crippen molar-refractivity contribution in [1.82, 2.24) is 19.9 Å². The summed E-state index contributed by atoms with van der Waals surface area (Å²) in [7, 11) is 0. The van der Waals surface area contributed by atoms with Gasteiger partial charge >= 0.3 is 0 Å². The molecule has 118 valence electrons. The number of hydrogen-bond acceptors (Lipinski definition) is 7. The van der Waals surface area contributed by atoms with E-state index >= 15 is 0 Å². The van der Waals surface area contributed by atoms with Gasteiger partial charge in [-0.15, -0.1) is 11.3 Å². The Bertz CT molecular complexity index is 615. The van der Waals surface area contributed by atoms with Gasteiger partial charge in [0.15, 0.2) is 5.13 Å². The number of hydrogen-bond donors (Lipinski definition) is 2. The van der Waals surface area contributed by atoms with Gasteiger partial charge < -0.3 is 10.4 Å². The summed E-state index contributed by atoms with van der Waals surface area (Å²) in [4.78, 5) is 16.7. The second-order valence-electron chi connectivity index (χ2n) is 5.48. The van der Waals surface area contributed by atoms with E-state index in [1.807, 2.05) is 19.2 Å². The van der Waals surface area contributed by atoms with Gasteiger partial charge in [0.05, 0.1) is 18.3 Å². The van der Waals surface area contributed by atoms with Crippen LogP contribution in [0.15, 0.2) is 18.5 Å². The molecule has 0 bridgehead atoms. The standard InChI is InChI=1S/C15H21N5OS/c1-11-10-17-15(22-11)19-14-16-6-5-12(18-14)13-4-2-3-7-20(13)8-9-21/h5-6,10,13,21H,2-4,7-9H2,1H3,(H,16,17,18,19). The van der Waals surface area contributed by atoms with E-state index in [1.165, 1.54) is 12.8 Å². The largest absolute Gasteiger partial charge is 0.395 e. The Kier molecular flexibility index (Phi) is 4.97. The van der Waals surface area contributed by atoms with Crippen LogP contribution in [0.4, 0.5) is 11.1 Å². The molecule has 3 heterocycles. The van der Waals surface area contributed by atoms with E-state index in [-0.39, 0.29) is 12.6 Å². The van der Waals surface area contributed by atoms with Gasteiger partial charge in [-0.2, -0.15) is 0 Å². The second kappa shape index (κ2) is 7.13. The van der Waals surface area contributed by atoms with E-state index in [4.69, 9.17) is 0 Å². The topological polar surface area (TPSA) is 74.2 Å². The number of likely N-dealkylation sites (tertiary alicyclic amines) is 1. The monoisotopic (exact) mass is 319 g/mol. The van der Waals surface area contributed by atoms with Crippen LogP contribution in [0.2, 0.25) is 0 Å². The lowest BCUT2D eigenvalue weighted by molar-refractivity contribution is 0.114. The van der Waals surface area contributed by atoms with E-state index in [2.05, 4.69) is 25.2 Å². The Morgan fingerprint density at radius 1 is 1.41 bits per heavy atom. The van der Waals surface area contributed by atoms with Gasteiger partial charge in [-0.3, -0.25) is 4.90 Å². The van der Waals surface area contributed by atoms with Crippen LogP contribution in [0.25, 0.3) is 0 Å². The Morgan fingerprint density at radius 2 is 2.32 bits per heavy atom. The lowest BCUT2D eigenvalue weighted by Crippen LogP contribution is -2.36. The lowest BCUT2D eigenvalue weighted by Gasteiger charge is -2.34. The highest BCUT2D eigenvalue weighted by Crippen LogP contribution is 2.30. The molecule has 0 amide bonds. The second-order valence-corrected chi connectivity index (χ2v) is 6.71. The highest BCUT2D eigenvalue weighted by Gasteiger charge is 2.24. The fourth-order valence-electron chi connectivity index (χ4n) is 2.85. The molecule has 0 spiro atoms. The summed E-state index contributed by atoms with van der Waals surface area (Å²) in [6, 6.07) is 2.24. The third-order valence-electron chi connectivity index (χ3n) is 3.86. The zero-order valence-corrected chi connectivity index (χ0v) is 13.5. The number of aliphatic hydroxyl groups excluding tert-OH is 1. The maximum Gasteiger partial charge on any atom is 0.229 e. The highest BCUT2D eigenvalue weighted by molar-refractivity contribution is 7.15. The number of β-amino-alcohol motifs (C(OH)–C–C–N with tert-alkyl or cyclic N) is 1. The van der Waals surface area contributed by atoms with Crippen LogP contribution in [-0.2, 0) is 0 Å². The van der Waals surface area contributed by atoms with Gasteiger partial charge in [-0.1, -0.05) is 6.42 Å². The molecule has 2 aromatic heterocycles. The number of anilines is 2. The van der Waals surface area contributed by atoms with E-state index in [1.54, 1.807) is 17.5 Å². The molecular formula is C15H21N5OS. The summed E-state index contributed by atoms with van der Waals surface area (Å²) in [6.45, 7) is 3.92. The number of thiazole rings is 1. The molecule has 2 aromatic rings. The lowest BCUT2D eigenvalue weighted by atomic mass is 9.99. The fourth-order valence-corrected chi connectivity index (χ4v) is 3.51. The molecular weight excluding hydrogens is 298 g/mol. The first kappa shape index (κ1) is 15.3. The molecule has 6 nitrogen and oxygen atoms in total. The number of nitrogens with zero attached hydrogens (tertiary/aromatic N) is 4. The van der Waals surface area contributed by atoms with Crippen molar-refractivity contribution in [3.05, 3.63) is 29.0 Å². The third kappa shape index (κ3) is 3.60. The van der Waals surface area contributed by atoms with Crippen molar-refractivity contribution in [3.8, 4) is 0 Å². The predicted octanol–water partition coefficient (Wildman–Crippen LogP) is 2.50. The number of aromatic nitrogens is 3. The Balaban J connectivity index is 1.77. The quantitative estimate of drug-likeness (QED) is 0.882. The molecule has 1 unspecified atom stereocenters. The summed E-state index contributed by atoms with van der Waals surface area (Å²) in [5.41, 5.74) is 1.01. The molecule has 1 aliphatic heterocycles. The Labute approximate surface area is 134 Å². The average Bonchev–Trinajstić information content (AvgIpc) is 2.93. The van der Waals surface area contributed by atoms with Crippen molar-refractivity contribution in [3.63, 3.8) is 0 Å². The third-order valence-corrected chi connectivity index (χ3v) is 4.69. The van der Waals surface area contributed by atoms with Crippen LogP contribution in [0.1, 0.15) is 35.9 Å². The van der Waals surface area contributed by atoms with Crippen molar-refractivity contribution in [2.24, 2.45) is 0 Å². The molecule has 3 rings (SSSR count). The van der Waals surface area contributed by atoms with Gasteiger partial charge in [0.1, 0.15) is 0 Å². The van der Waals surface area contributed by atoms with Crippen molar-refractivity contribution in [2.75, 3.05) is 25.0 Å². The summed E-state index contributed by atoms with van der Waals surface area (Å²) in [5, 5.41) is 13.2. The minimum atomic E-state index is 0.186. The zero-order chi connectivity index (χ0) is 15.4. The molecule has 0 saturated carbocycles. The first-order chi connectivity index (χ1) is 10.8. The van der Waals surface area contributed by atoms with Crippen LogP contribution < -0.4 is 5.32 Å². The number of aliphatic hydroxyl groups is 1. The van der Waals surface area contributed by atoms with Gasteiger partial charge in [0.25, 0.3) is 0 Å². The Hall–Kier alpha value is -1.57. The maximum absolute atomic E-state index is 9.24. The maximum atomic E-state index is 9.24. The molecule has 22 heavy (non-hydrogen) atoms. The normalized spacial score (nSPS) is 19.3. The molecule has 7 heteroatoms. The number of aryl methyl sites for hydroxylation is 1. The smallest absolute Gasteiger partial charge is 0.229 e. The van der Waals surface area contributed by atoms with E-state index in [9.17, 15) is 5.11 Å². The van der Waals surface area contributed by atoms with E-state index in [0.29, 0.717) is 12.5 Å². The summed E-state index contributed by atoms with van der Waals surface area (Å²) in [5.74, 6) is 0.585. The summed E-state index contributed by atoms with van der Waals surface area (Å²) in [6.07, 6.45) is 7.08. The molecule has 0 aromatic carbocycles. The summed E-state index contributed by atoms with van der Waals surface area (Å²) < 4.78 is 0. The van der Waals surface area contributed by atoms with Crippen LogP contribution in [0.3, 0.4) is 0 Å². The SMILES string of the molecule is Cc1cnc(Nc2nccc(C3CCCCN3CCO)n2)s1. The molecule has 2 N–H and O–H groups in total. The van der Waals surface area contributed by atoms with Crippen molar-refractivity contribution >= 4 is 22.4 Å². The van der Waals surface area contributed by atoms with Gasteiger partial charge in [-0.05, 0) is 32.4 Å². The first-order valence-corrected chi connectivity index (χ1v) is 8.45. The number of rotatable bonds is 5. The zero-order valence-electron chi connectivity index (χ0n) is 12.7. The van der Waals surface area contributed by atoms with Crippen molar-refractivity contribution in [1.29, 1.82) is 0 Å². The van der Waals surface area contributed by atoms with Gasteiger partial charge in [0, 0.05) is 23.8 Å².